The number of halogens is 3. The number of rotatable bonds is 6. The van der Waals surface area contributed by atoms with Crippen molar-refractivity contribution in [1.82, 2.24) is 10.2 Å². The van der Waals surface area contributed by atoms with E-state index in [1.165, 1.54) is 13.3 Å². The van der Waals surface area contributed by atoms with Crippen LogP contribution in [0.1, 0.15) is 43.2 Å². The zero-order valence-electron chi connectivity index (χ0n) is 18.1. The molecule has 2 aliphatic rings. The number of likely N-dealkylation sites (tertiary alicyclic amines) is 1. The molecule has 1 aromatic carbocycles. The second-order valence-corrected chi connectivity index (χ2v) is 8.48. The van der Waals surface area contributed by atoms with Crippen LogP contribution in [0, 0.1) is 11.8 Å². The van der Waals surface area contributed by atoms with Crippen molar-refractivity contribution < 1.29 is 32.7 Å². The van der Waals surface area contributed by atoms with E-state index in [2.05, 4.69) is 4.99 Å². The van der Waals surface area contributed by atoms with Crippen LogP contribution in [0.5, 0.6) is 0 Å². The van der Waals surface area contributed by atoms with Gasteiger partial charge in [0.05, 0.1) is 5.92 Å². The van der Waals surface area contributed by atoms with Gasteiger partial charge in [-0.3, -0.25) is 9.79 Å². The van der Waals surface area contributed by atoms with Crippen molar-refractivity contribution in [1.29, 1.82) is 0 Å². The molecule has 0 spiro atoms. The number of urea groups is 1. The monoisotopic (exact) mass is 468 g/mol. The number of anilines is 1. The Bertz CT molecular complexity index is 944. The highest BCUT2D eigenvalue weighted by molar-refractivity contribution is 6.07. The van der Waals surface area contributed by atoms with E-state index in [1.807, 2.05) is 5.32 Å². The molecule has 1 aromatic rings. The molecule has 2 fully saturated rings. The van der Waals surface area contributed by atoms with E-state index >= 15 is 0 Å². The molecule has 0 bridgehead atoms. The molecule has 3 rings (SSSR count). The van der Waals surface area contributed by atoms with E-state index < -0.39 is 48.0 Å². The Morgan fingerprint density at radius 3 is 2.55 bits per heavy atom. The third kappa shape index (κ3) is 5.12. The average Bonchev–Trinajstić information content (AvgIpc) is 2.75. The number of carboxylic acids is 1. The average molecular weight is 468 g/mol. The number of carbonyl (C=O) groups is 3. The van der Waals surface area contributed by atoms with Crippen LogP contribution in [0.15, 0.2) is 23.2 Å². The lowest BCUT2D eigenvalue weighted by atomic mass is 9.81. The Kier molecular flexibility index (Phi) is 7.28. The zero-order valence-corrected chi connectivity index (χ0v) is 18.1. The number of nitrogens with zero attached hydrogens (tertiary/aromatic N) is 2. The predicted octanol–water partition coefficient (Wildman–Crippen LogP) is 2.99. The number of carbonyl (C=O) groups excluding carboxylic acids is 2. The smallest absolute Gasteiger partial charge is 0.408 e. The number of nitrogens with two attached hydrogens (primary N) is 1. The van der Waals surface area contributed by atoms with Crippen molar-refractivity contribution in [3.63, 3.8) is 0 Å². The summed E-state index contributed by atoms with van der Waals surface area (Å²) in [5, 5.41) is 11.5. The van der Waals surface area contributed by atoms with Crippen LogP contribution in [0.2, 0.25) is 0 Å². The number of β-lactam (4-membered cyclic amide) rings is 1. The first-order chi connectivity index (χ1) is 15.6. The van der Waals surface area contributed by atoms with Crippen LogP contribution in [-0.2, 0) is 16.0 Å². The number of nitrogens with one attached hydrogen (secondary N) is 1. The Balaban J connectivity index is 1.79. The third-order valence-electron chi connectivity index (χ3n) is 6.37. The zero-order chi connectivity index (χ0) is 24.3. The van der Waals surface area contributed by atoms with E-state index in [9.17, 15) is 32.7 Å². The number of imide groups is 1. The van der Waals surface area contributed by atoms with Crippen LogP contribution in [-0.4, -0.2) is 59.4 Å². The maximum absolute atomic E-state index is 13.7. The minimum Gasteiger partial charge on any atom is -0.480 e. The Morgan fingerprint density at radius 2 is 1.97 bits per heavy atom. The van der Waals surface area contributed by atoms with Crippen LogP contribution in [0.3, 0.4) is 0 Å². The first-order valence-corrected chi connectivity index (χ1v) is 10.8. The normalized spacial score (nSPS) is 22.8. The molecular formula is C22H27F3N4O4. The number of hydrogen-bond donors (Lipinski definition) is 3. The van der Waals surface area contributed by atoms with Crippen molar-refractivity contribution in [2.45, 2.75) is 56.8 Å². The van der Waals surface area contributed by atoms with Gasteiger partial charge in [-0.05, 0) is 36.8 Å². The van der Waals surface area contributed by atoms with E-state index in [0.717, 1.165) is 6.42 Å². The molecule has 1 aliphatic heterocycles. The lowest BCUT2D eigenvalue weighted by Crippen LogP contribution is -2.70. The van der Waals surface area contributed by atoms with E-state index in [4.69, 9.17) is 5.73 Å². The van der Waals surface area contributed by atoms with E-state index in [0.29, 0.717) is 47.4 Å². The van der Waals surface area contributed by atoms with Crippen LogP contribution < -0.4 is 11.1 Å². The summed E-state index contributed by atoms with van der Waals surface area (Å²) in [5.74, 6) is -4.23. The first kappa shape index (κ1) is 24.5. The number of carboxylic acid groups (broad SMARTS) is 1. The molecule has 0 aromatic heterocycles. The van der Waals surface area contributed by atoms with Gasteiger partial charge in [0.2, 0.25) is 5.91 Å². The summed E-state index contributed by atoms with van der Waals surface area (Å²) in [5.41, 5.74) is 7.40. The summed E-state index contributed by atoms with van der Waals surface area (Å²) in [6.45, 7) is 0. The molecule has 3 atom stereocenters. The van der Waals surface area contributed by atoms with Crippen LogP contribution >= 0.6 is 0 Å². The fourth-order valence-electron chi connectivity index (χ4n) is 4.73. The summed E-state index contributed by atoms with van der Waals surface area (Å²) in [7, 11) is 1.53. The summed E-state index contributed by atoms with van der Waals surface area (Å²) < 4.78 is 41.0. The number of aliphatic carboxylic acids is 1. The first-order valence-electron chi connectivity index (χ1n) is 10.8. The molecule has 1 saturated heterocycles. The molecule has 0 radical (unpaired) electrons. The van der Waals surface area contributed by atoms with Crippen LogP contribution in [0.4, 0.5) is 23.7 Å². The lowest BCUT2D eigenvalue weighted by molar-refractivity contribution is -0.172. The Labute approximate surface area is 189 Å². The second-order valence-electron chi connectivity index (χ2n) is 8.48. The highest BCUT2D eigenvalue weighted by Gasteiger charge is 2.56. The van der Waals surface area contributed by atoms with Gasteiger partial charge in [-0.1, -0.05) is 31.4 Å². The molecule has 8 nitrogen and oxygen atoms in total. The molecule has 1 heterocycles. The molecule has 11 heteroatoms. The minimum atomic E-state index is -4.71. The summed E-state index contributed by atoms with van der Waals surface area (Å²) in [6, 6.07) is -0.123. The fraction of sp³-hybridized carbons (Fsp3) is 0.545. The quantitative estimate of drug-likeness (QED) is 0.336. The summed E-state index contributed by atoms with van der Waals surface area (Å²) >= 11 is 0. The highest BCUT2D eigenvalue weighted by atomic mass is 19.4. The van der Waals surface area contributed by atoms with Gasteiger partial charge in [0.15, 0.2) is 6.04 Å². The van der Waals surface area contributed by atoms with E-state index in [1.54, 1.807) is 18.2 Å². The van der Waals surface area contributed by atoms with Gasteiger partial charge < -0.3 is 16.2 Å². The highest BCUT2D eigenvalue weighted by Crippen LogP contribution is 2.36. The molecule has 180 valence electrons. The van der Waals surface area contributed by atoms with Gasteiger partial charge in [0.1, 0.15) is 6.04 Å². The van der Waals surface area contributed by atoms with Crippen molar-refractivity contribution in [3.8, 4) is 0 Å². The SMILES string of the molecule is CN=Cc1c(N)cccc1C[C@H]1C(=O)N(C(=O)N[C@@H](C2CCCCC2)C(F)(F)F)[C@@H]1C(=O)O. The van der Waals surface area contributed by atoms with Gasteiger partial charge in [0, 0.05) is 24.5 Å². The second kappa shape index (κ2) is 9.80. The Hall–Kier alpha value is -3.11. The summed E-state index contributed by atoms with van der Waals surface area (Å²) in [6.07, 6.45) is -0.584. The van der Waals surface area contributed by atoms with Gasteiger partial charge in [-0.2, -0.15) is 13.2 Å². The van der Waals surface area contributed by atoms with Crippen molar-refractivity contribution in [3.05, 3.63) is 29.3 Å². The van der Waals surface area contributed by atoms with E-state index in [-0.39, 0.29) is 6.42 Å². The number of nitrogen functional groups attached to an aromatic ring is 1. The van der Waals surface area contributed by atoms with Crippen molar-refractivity contribution in [2.75, 3.05) is 12.8 Å². The molecule has 33 heavy (non-hydrogen) atoms. The number of hydrogen-bond acceptors (Lipinski definition) is 5. The van der Waals surface area contributed by atoms with Gasteiger partial charge >= 0.3 is 18.2 Å². The maximum atomic E-state index is 13.7. The Morgan fingerprint density at radius 1 is 1.30 bits per heavy atom. The van der Waals surface area contributed by atoms with Crippen molar-refractivity contribution in [2.24, 2.45) is 16.8 Å². The number of amides is 3. The molecular weight excluding hydrogens is 441 g/mol. The number of aliphatic imine (C=N–C) groups is 1. The fourth-order valence-corrected chi connectivity index (χ4v) is 4.73. The topological polar surface area (TPSA) is 125 Å². The molecule has 4 N–H and O–H groups in total. The maximum Gasteiger partial charge on any atom is 0.408 e. The predicted molar refractivity (Wildman–Crippen MR) is 115 cm³/mol. The molecule has 1 saturated carbocycles. The largest absolute Gasteiger partial charge is 0.480 e. The van der Waals surface area contributed by atoms with Gasteiger partial charge in [0.25, 0.3) is 0 Å². The molecule has 0 unspecified atom stereocenters. The third-order valence-corrected chi connectivity index (χ3v) is 6.37. The molecule has 3 amide bonds. The minimum absolute atomic E-state index is 0.0443. The lowest BCUT2D eigenvalue weighted by Gasteiger charge is -2.44. The summed E-state index contributed by atoms with van der Waals surface area (Å²) in [4.78, 5) is 41.5. The standard InChI is InChI=1S/C22H27F3N4O4/c1-27-11-15-13(8-5-9-16(15)26)10-14-17(20(31)32)29(19(14)30)21(33)28-18(22(23,24)25)12-6-3-2-4-7-12/h5,8-9,11-12,14,17-18H,2-4,6-7,10,26H2,1H3,(H,28,33)(H,31,32)/t14-,17+,18+/m1/s1. The number of benzene rings is 1. The van der Waals surface area contributed by atoms with Gasteiger partial charge in [-0.25, -0.2) is 14.5 Å². The van der Waals surface area contributed by atoms with Gasteiger partial charge in [-0.15, -0.1) is 0 Å². The number of alkyl halides is 3. The van der Waals surface area contributed by atoms with Crippen LogP contribution in [0.25, 0.3) is 0 Å². The van der Waals surface area contributed by atoms with Crippen molar-refractivity contribution >= 4 is 29.8 Å². The molecule has 1 aliphatic carbocycles.